The zero-order valence-electron chi connectivity index (χ0n) is 9.76. The average molecular weight is 246 g/mol. The van der Waals surface area contributed by atoms with E-state index in [0.29, 0.717) is 5.56 Å². The summed E-state index contributed by atoms with van der Waals surface area (Å²) in [4.78, 5) is 10.8. The van der Waals surface area contributed by atoms with Crippen LogP contribution < -0.4 is 4.74 Å². The highest BCUT2D eigenvalue weighted by atomic mass is 19.4. The fourth-order valence-electron chi connectivity index (χ4n) is 1.33. The van der Waals surface area contributed by atoms with E-state index in [4.69, 9.17) is 0 Å². The Morgan fingerprint density at radius 2 is 1.65 bits per heavy atom. The summed E-state index contributed by atoms with van der Waals surface area (Å²) in [5.74, 6) is -2.25. The van der Waals surface area contributed by atoms with Gasteiger partial charge in [0.1, 0.15) is 5.75 Å². The van der Waals surface area contributed by atoms with Crippen LogP contribution in [0.1, 0.15) is 26.3 Å². The Morgan fingerprint density at radius 3 is 2.12 bits per heavy atom. The second kappa shape index (κ2) is 4.39. The third-order valence-electron chi connectivity index (χ3n) is 2.13. The summed E-state index contributed by atoms with van der Waals surface area (Å²) < 4.78 is 40.6. The molecule has 0 amide bonds. The van der Waals surface area contributed by atoms with Crippen LogP contribution in [0.5, 0.6) is 5.75 Å². The largest absolute Gasteiger partial charge is 0.491 e. The summed E-state index contributed by atoms with van der Waals surface area (Å²) in [7, 11) is 0. The summed E-state index contributed by atoms with van der Waals surface area (Å²) in [6.45, 7) is 5.48. The number of benzene rings is 1. The lowest BCUT2D eigenvalue weighted by atomic mass is 9.86. The van der Waals surface area contributed by atoms with Crippen molar-refractivity contribution in [2.24, 2.45) is 0 Å². The first kappa shape index (κ1) is 13.5. The number of alkyl halides is 3. The lowest BCUT2D eigenvalue weighted by molar-refractivity contribution is -0.189. The Kier molecular flexibility index (Phi) is 3.50. The molecule has 0 unspecified atom stereocenters. The Hall–Kier alpha value is -1.52. The van der Waals surface area contributed by atoms with Crippen LogP contribution in [0, 0.1) is 0 Å². The SMILES string of the molecule is CC(C)(C)c1ccccc1OC(=O)C(F)(F)F. The molecule has 0 radical (unpaired) electrons. The van der Waals surface area contributed by atoms with Crippen LogP contribution in [0.25, 0.3) is 0 Å². The van der Waals surface area contributed by atoms with Crippen molar-refractivity contribution in [3.63, 3.8) is 0 Å². The maximum absolute atomic E-state index is 12.1. The number of para-hydroxylation sites is 1. The van der Waals surface area contributed by atoms with Gasteiger partial charge in [0, 0.05) is 5.56 Å². The molecule has 0 atom stereocenters. The predicted molar refractivity (Wildman–Crippen MR) is 56.8 cm³/mol. The Morgan fingerprint density at radius 1 is 1.12 bits per heavy atom. The standard InChI is InChI=1S/C12H13F3O2/c1-11(2,3)8-6-4-5-7-9(8)17-10(16)12(13,14)15/h4-7H,1-3H3. The summed E-state index contributed by atoms with van der Waals surface area (Å²) in [6, 6.07) is 6.20. The monoisotopic (exact) mass is 246 g/mol. The van der Waals surface area contributed by atoms with Crippen molar-refractivity contribution in [3.05, 3.63) is 29.8 Å². The molecule has 0 fully saturated rings. The number of esters is 1. The number of carbonyl (C=O) groups is 1. The summed E-state index contributed by atoms with van der Waals surface area (Å²) in [6.07, 6.45) is -4.98. The average Bonchev–Trinajstić information content (AvgIpc) is 2.15. The van der Waals surface area contributed by atoms with E-state index in [1.807, 2.05) is 20.8 Å². The Balaban J connectivity index is 3.04. The minimum Gasteiger partial charge on any atom is -0.420 e. The molecule has 0 aromatic heterocycles. The first-order valence-electron chi connectivity index (χ1n) is 5.01. The topological polar surface area (TPSA) is 26.3 Å². The van der Waals surface area contributed by atoms with Crippen molar-refractivity contribution < 1.29 is 22.7 Å². The second-order valence-corrected chi connectivity index (χ2v) is 4.63. The zero-order chi connectivity index (χ0) is 13.3. The third-order valence-corrected chi connectivity index (χ3v) is 2.13. The number of carbonyl (C=O) groups excluding carboxylic acids is 1. The first-order valence-corrected chi connectivity index (χ1v) is 5.01. The Labute approximate surface area is 97.4 Å². The molecule has 0 spiro atoms. The maximum Gasteiger partial charge on any atom is 0.491 e. The van der Waals surface area contributed by atoms with Gasteiger partial charge < -0.3 is 4.74 Å². The molecule has 1 aromatic carbocycles. The number of rotatable bonds is 1. The molecular weight excluding hydrogens is 233 g/mol. The molecule has 1 aromatic rings. The van der Waals surface area contributed by atoms with Gasteiger partial charge in [-0.3, -0.25) is 0 Å². The van der Waals surface area contributed by atoms with Crippen molar-refractivity contribution in [1.82, 2.24) is 0 Å². The smallest absolute Gasteiger partial charge is 0.420 e. The predicted octanol–water partition coefficient (Wildman–Crippen LogP) is 3.45. The van der Waals surface area contributed by atoms with Crippen LogP contribution in [-0.2, 0) is 10.2 Å². The van der Waals surface area contributed by atoms with Gasteiger partial charge in [-0.15, -0.1) is 0 Å². The third kappa shape index (κ3) is 3.47. The van der Waals surface area contributed by atoms with Gasteiger partial charge in [0.05, 0.1) is 0 Å². The second-order valence-electron chi connectivity index (χ2n) is 4.63. The van der Waals surface area contributed by atoms with Crippen molar-refractivity contribution in [2.45, 2.75) is 32.4 Å². The fraction of sp³-hybridized carbons (Fsp3) is 0.417. The summed E-state index contributed by atoms with van der Waals surface area (Å²) in [5.41, 5.74) is 0.153. The van der Waals surface area contributed by atoms with Gasteiger partial charge in [0.15, 0.2) is 0 Å². The van der Waals surface area contributed by atoms with Crippen LogP contribution >= 0.6 is 0 Å². The molecule has 2 nitrogen and oxygen atoms in total. The summed E-state index contributed by atoms with van der Waals surface area (Å²) >= 11 is 0. The molecule has 0 N–H and O–H groups in total. The number of hydrogen-bond donors (Lipinski definition) is 0. The summed E-state index contributed by atoms with van der Waals surface area (Å²) in [5, 5.41) is 0. The molecule has 0 aliphatic rings. The fourth-order valence-corrected chi connectivity index (χ4v) is 1.33. The van der Waals surface area contributed by atoms with Gasteiger partial charge in [-0.25, -0.2) is 4.79 Å². The maximum atomic E-state index is 12.1. The van der Waals surface area contributed by atoms with Crippen molar-refractivity contribution >= 4 is 5.97 Å². The van der Waals surface area contributed by atoms with E-state index in [1.54, 1.807) is 12.1 Å². The highest BCUT2D eigenvalue weighted by Crippen LogP contribution is 2.32. The number of hydrogen-bond acceptors (Lipinski definition) is 2. The molecular formula is C12H13F3O2. The van der Waals surface area contributed by atoms with E-state index in [-0.39, 0.29) is 5.75 Å². The molecule has 5 heteroatoms. The van der Waals surface area contributed by atoms with Crippen molar-refractivity contribution in [1.29, 1.82) is 0 Å². The lowest BCUT2D eigenvalue weighted by Gasteiger charge is -2.22. The van der Waals surface area contributed by atoms with Gasteiger partial charge in [-0.2, -0.15) is 13.2 Å². The van der Waals surface area contributed by atoms with Crippen LogP contribution in [0.2, 0.25) is 0 Å². The highest BCUT2D eigenvalue weighted by Gasteiger charge is 2.41. The molecule has 17 heavy (non-hydrogen) atoms. The molecule has 0 saturated carbocycles. The lowest BCUT2D eigenvalue weighted by Crippen LogP contribution is -2.29. The number of halogens is 3. The highest BCUT2D eigenvalue weighted by molar-refractivity contribution is 5.78. The molecule has 0 bridgehead atoms. The van der Waals surface area contributed by atoms with E-state index >= 15 is 0 Å². The van der Waals surface area contributed by atoms with Gasteiger partial charge in [-0.1, -0.05) is 39.0 Å². The van der Waals surface area contributed by atoms with Crippen LogP contribution in [0.4, 0.5) is 13.2 Å². The minimum atomic E-state index is -4.98. The van der Waals surface area contributed by atoms with Crippen molar-refractivity contribution in [2.75, 3.05) is 0 Å². The molecule has 0 saturated heterocycles. The Bertz CT molecular complexity index is 416. The van der Waals surface area contributed by atoms with E-state index in [1.165, 1.54) is 12.1 Å². The molecule has 0 aliphatic heterocycles. The van der Waals surface area contributed by atoms with E-state index in [9.17, 15) is 18.0 Å². The van der Waals surface area contributed by atoms with E-state index in [0.717, 1.165) is 0 Å². The first-order chi connectivity index (χ1) is 7.62. The van der Waals surface area contributed by atoms with Gasteiger partial charge in [-0.05, 0) is 11.5 Å². The zero-order valence-corrected chi connectivity index (χ0v) is 9.76. The quantitative estimate of drug-likeness (QED) is 0.560. The van der Waals surface area contributed by atoms with Gasteiger partial charge in [0.25, 0.3) is 0 Å². The molecule has 1 rings (SSSR count). The molecule has 94 valence electrons. The normalized spacial score (nSPS) is 12.4. The van der Waals surface area contributed by atoms with Gasteiger partial charge in [0.2, 0.25) is 0 Å². The minimum absolute atomic E-state index is 0.0534. The number of ether oxygens (including phenoxy) is 1. The van der Waals surface area contributed by atoms with Crippen LogP contribution in [0.15, 0.2) is 24.3 Å². The van der Waals surface area contributed by atoms with Gasteiger partial charge >= 0.3 is 12.1 Å². The van der Waals surface area contributed by atoms with Crippen molar-refractivity contribution in [3.8, 4) is 5.75 Å². The molecule has 0 aliphatic carbocycles. The van der Waals surface area contributed by atoms with E-state index in [2.05, 4.69) is 4.74 Å². The van der Waals surface area contributed by atoms with E-state index < -0.39 is 17.6 Å². The van der Waals surface area contributed by atoms with Crippen LogP contribution in [0.3, 0.4) is 0 Å². The van der Waals surface area contributed by atoms with Crippen LogP contribution in [-0.4, -0.2) is 12.1 Å². The molecule has 0 heterocycles.